The van der Waals surface area contributed by atoms with Gasteiger partial charge in [0.1, 0.15) is 0 Å². The zero-order valence-corrected chi connectivity index (χ0v) is 8.32. The summed E-state index contributed by atoms with van der Waals surface area (Å²) in [4.78, 5) is 21.8. The zero-order valence-electron chi connectivity index (χ0n) is 8.32. The number of benzene rings is 1. The highest BCUT2D eigenvalue weighted by Crippen LogP contribution is 2.14. The molecule has 1 aromatic carbocycles. The lowest BCUT2D eigenvalue weighted by Crippen LogP contribution is -2.21. The van der Waals surface area contributed by atoms with Crippen molar-refractivity contribution < 1.29 is 14.3 Å². The summed E-state index contributed by atoms with van der Waals surface area (Å²) in [5.74, 6) is -1.34. The van der Waals surface area contributed by atoms with Gasteiger partial charge in [0.15, 0.2) is 6.61 Å². The van der Waals surface area contributed by atoms with E-state index in [2.05, 4.69) is 4.74 Å². The SMILES string of the molecule is Cc1ccc(N)c(C(=O)OCC(N)=O)c1. The number of carbonyl (C=O) groups is 2. The molecule has 4 N–H and O–H groups in total. The molecular formula is C10H12N2O3. The molecule has 1 amide bonds. The van der Waals surface area contributed by atoms with E-state index in [-0.39, 0.29) is 5.56 Å². The molecule has 0 aliphatic heterocycles. The van der Waals surface area contributed by atoms with Crippen LogP contribution >= 0.6 is 0 Å². The van der Waals surface area contributed by atoms with E-state index in [0.29, 0.717) is 5.69 Å². The number of anilines is 1. The summed E-state index contributed by atoms with van der Waals surface area (Å²) in [6.45, 7) is 1.39. The molecule has 0 saturated heterocycles. The Hall–Kier alpha value is -2.04. The van der Waals surface area contributed by atoms with Crippen molar-refractivity contribution >= 4 is 17.6 Å². The molecule has 0 aliphatic rings. The first-order valence-corrected chi connectivity index (χ1v) is 4.32. The first-order valence-electron chi connectivity index (χ1n) is 4.32. The van der Waals surface area contributed by atoms with Crippen molar-refractivity contribution in [1.29, 1.82) is 0 Å². The molecule has 80 valence electrons. The minimum Gasteiger partial charge on any atom is -0.452 e. The molecule has 0 saturated carbocycles. The number of nitrogen functional groups attached to an aromatic ring is 1. The summed E-state index contributed by atoms with van der Waals surface area (Å²) >= 11 is 0. The molecule has 5 nitrogen and oxygen atoms in total. The molecule has 0 bridgehead atoms. The molecular weight excluding hydrogens is 196 g/mol. The Balaban J connectivity index is 2.81. The van der Waals surface area contributed by atoms with Gasteiger partial charge in [-0.15, -0.1) is 0 Å². The first-order chi connectivity index (χ1) is 7.00. The van der Waals surface area contributed by atoms with Gasteiger partial charge in [0.2, 0.25) is 0 Å². The second-order valence-electron chi connectivity index (χ2n) is 3.13. The van der Waals surface area contributed by atoms with Crippen LogP contribution in [0.15, 0.2) is 18.2 Å². The van der Waals surface area contributed by atoms with Crippen LogP contribution in [0.25, 0.3) is 0 Å². The van der Waals surface area contributed by atoms with E-state index in [1.807, 2.05) is 6.92 Å². The number of nitrogens with two attached hydrogens (primary N) is 2. The maximum atomic E-state index is 11.4. The Morgan fingerprint density at radius 2 is 2.07 bits per heavy atom. The van der Waals surface area contributed by atoms with Crippen LogP contribution in [0, 0.1) is 6.92 Å². The molecule has 0 unspecified atom stereocenters. The highest BCUT2D eigenvalue weighted by molar-refractivity contribution is 5.96. The largest absolute Gasteiger partial charge is 0.452 e. The van der Waals surface area contributed by atoms with Crippen LogP contribution in [0.1, 0.15) is 15.9 Å². The lowest BCUT2D eigenvalue weighted by Gasteiger charge is -2.06. The van der Waals surface area contributed by atoms with Gasteiger partial charge < -0.3 is 16.2 Å². The van der Waals surface area contributed by atoms with Crippen LogP contribution in [0.5, 0.6) is 0 Å². The van der Waals surface area contributed by atoms with Crippen molar-refractivity contribution in [2.24, 2.45) is 5.73 Å². The van der Waals surface area contributed by atoms with Gasteiger partial charge >= 0.3 is 5.97 Å². The summed E-state index contributed by atoms with van der Waals surface area (Å²) in [6.07, 6.45) is 0. The van der Waals surface area contributed by atoms with E-state index in [1.165, 1.54) is 0 Å². The molecule has 0 aliphatic carbocycles. The van der Waals surface area contributed by atoms with Gasteiger partial charge in [-0.05, 0) is 19.1 Å². The van der Waals surface area contributed by atoms with E-state index < -0.39 is 18.5 Å². The molecule has 0 spiro atoms. The summed E-state index contributed by atoms with van der Waals surface area (Å²) in [6, 6.07) is 4.98. The number of carbonyl (C=O) groups excluding carboxylic acids is 2. The Labute approximate surface area is 87.0 Å². The third kappa shape index (κ3) is 2.98. The lowest BCUT2D eigenvalue weighted by molar-refractivity contribution is -0.121. The number of primary amides is 1. The van der Waals surface area contributed by atoms with E-state index in [0.717, 1.165) is 5.56 Å². The molecule has 0 atom stereocenters. The Bertz CT molecular complexity index is 402. The Kier molecular flexibility index (Phi) is 3.28. The summed E-state index contributed by atoms with van der Waals surface area (Å²) in [5, 5.41) is 0. The number of hydrogen-bond donors (Lipinski definition) is 2. The summed E-state index contributed by atoms with van der Waals surface area (Å²) in [5.41, 5.74) is 11.9. The first kappa shape index (κ1) is 11.0. The molecule has 1 rings (SSSR count). The molecule has 1 aromatic rings. The fraction of sp³-hybridized carbons (Fsp3) is 0.200. The van der Waals surface area contributed by atoms with Crippen LogP contribution in [0.2, 0.25) is 0 Å². The van der Waals surface area contributed by atoms with Crippen molar-refractivity contribution in [3.05, 3.63) is 29.3 Å². The van der Waals surface area contributed by atoms with E-state index in [9.17, 15) is 9.59 Å². The predicted octanol–water partition coefficient (Wildman–Crippen LogP) is 0.219. The molecule has 0 radical (unpaired) electrons. The van der Waals surface area contributed by atoms with E-state index in [1.54, 1.807) is 18.2 Å². The van der Waals surface area contributed by atoms with E-state index in [4.69, 9.17) is 11.5 Å². The number of esters is 1. The topological polar surface area (TPSA) is 95.4 Å². The molecule has 15 heavy (non-hydrogen) atoms. The van der Waals surface area contributed by atoms with Gasteiger partial charge in [-0.1, -0.05) is 11.6 Å². The van der Waals surface area contributed by atoms with Crippen molar-refractivity contribution in [2.45, 2.75) is 6.92 Å². The van der Waals surface area contributed by atoms with Crippen LogP contribution in [0.3, 0.4) is 0 Å². The summed E-state index contributed by atoms with van der Waals surface area (Å²) in [7, 11) is 0. The van der Waals surface area contributed by atoms with E-state index >= 15 is 0 Å². The van der Waals surface area contributed by atoms with Crippen LogP contribution in [-0.2, 0) is 9.53 Å². The molecule has 0 aromatic heterocycles. The average molecular weight is 208 g/mol. The van der Waals surface area contributed by atoms with Crippen LogP contribution in [0.4, 0.5) is 5.69 Å². The quantitative estimate of drug-likeness (QED) is 0.548. The lowest BCUT2D eigenvalue weighted by atomic mass is 10.1. The predicted molar refractivity (Wildman–Crippen MR) is 55.1 cm³/mol. The number of aryl methyl sites for hydroxylation is 1. The van der Waals surface area contributed by atoms with Gasteiger partial charge in [-0.25, -0.2) is 4.79 Å². The molecule has 5 heteroatoms. The standard InChI is InChI=1S/C10H12N2O3/c1-6-2-3-8(11)7(4-6)10(14)15-5-9(12)13/h2-4H,5,11H2,1H3,(H2,12,13). The normalized spacial score (nSPS) is 9.67. The molecule has 0 fully saturated rings. The van der Waals surface area contributed by atoms with Crippen molar-refractivity contribution in [1.82, 2.24) is 0 Å². The maximum absolute atomic E-state index is 11.4. The van der Waals surface area contributed by atoms with Gasteiger partial charge in [-0.2, -0.15) is 0 Å². The van der Waals surface area contributed by atoms with Crippen molar-refractivity contribution in [3.63, 3.8) is 0 Å². The zero-order chi connectivity index (χ0) is 11.4. The van der Waals surface area contributed by atoms with Gasteiger partial charge in [0.05, 0.1) is 5.56 Å². The Morgan fingerprint density at radius 1 is 1.40 bits per heavy atom. The number of ether oxygens (including phenoxy) is 1. The highest BCUT2D eigenvalue weighted by Gasteiger charge is 2.12. The molecule has 0 heterocycles. The van der Waals surface area contributed by atoms with Gasteiger partial charge in [0, 0.05) is 5.69 Å². The Morgan fingerprint density at radius 3 is 2.67 bits per heavy atom. The number of hydrogen-bond acceptors (Lipinski definition) is 4. The third-order valence-electron chi connectivity index (χ3n) is 1.77. The van der Waals surface area contributed by atoms with Crippen molar-refractivity contribution in [3.8, 4) is 0 Å². The number of rotatable bonds is 3. The number of amides is 1. The smallest absolute Gasteiger partial charge is 0.340 e. The second-order valence-corrected chi connectivity index (χ2v) is 3.13. The monoisotopic (exact) mass is 208 g/mol. The summed E-state index contributed by atoms with van der Waals surface area (Å²) < 4.78 is 4.63. The fourth-order valence-corrected chi connectivity index (χ4v) is 1.06. The minimum atomic E-state index is -0.699. The van der Waals surface area contributed by atoms with Crippen molar-refractivity contribution in [2.75, 3.05) is 12.3 Å². The van der Waals surface area contributed by atoms with Gasteiger partial charge in [0.25, 0.3) is 5.91 Å². The van der Waals surface area contributed by atoms with Crippen LogP contribution in [-0.4, -0.2) is 18.5 Å². The third-order valence-corrected chi connectivity index (χ3v) is 1.77. The highest BCUT2D eigenvalue weighted by atomic mass is 16.5. The second kappa shape index (κ2) is 4.45. The van der Waals surface area contributed by atoms with Crippen LogP contribution < -0.4 is 11.5 Å². The fourth-order valence-electron chi connectivity index (χ4n) is 1.06. The minimum absolute atomic E-state index is 0.247. The van der Waals surface area contributed by atoms with Gasteiger partial charge in [-0.3, -0.25) is 4.79 Å². The average Bonchev–Trinajstić information content (AvgIpc) is 2.18. The maximum Gasteiger partial charge on any atom is 0.340 e.